The zero-order chi connectivity index (χ0) is 14.8. The van der Waals surface area contributed by atoms with Gasteiger partial charge in [-0.3, -0.25) is 0 Å². The van der Waals surface area contributed by atoms with E-state index in [-0.39, 0.29) is 4.47 Å². The fourth-order valence-electron chi connectivity index (χ4n) is 1.15. The van der Waals surface area contributed by atoms with E-state index < -0.39 is 35.4 Å². The summed E-state index contributed by atoms with van der Waals surface area (Å²) >= 11 is 2.80. The van der Waals surface area contributed by atoms with Crippen LogP contribution in [-0.4, -0.2) is 25.4 Å². The summed E-state index contributed by atoms with van der Waals surface area (Å²) in [4.78, 5) is 11.4. The highest BCUT2D eigenvalue weighted by atomic mass is 79.9. The number of halogens is 5. The van der Waals surface area contributed by atoms with Crippen molar-refractivity contribution in [3.8, 4) is 5.75 Å². The first-order chi connectivity index (χ1) is 8.66. The summed E-state index contributed by atoms with van der Waals surface area (Å²) < 4.78 is 59.4. The lowest BCUT2D eigenvalue weighted by Crippen LogP contribution is -2.31. The van der Waals surface area contributed by atoms with Crippen LogP contribution in [0.4, 0.5) is 17.6 Å². The minimum Gasteiger partial charge on any atom is -0.480 e. The fourth-order valence-corrected chi connectivity index (χ4v) is 1.48. The molecule has 19 heavy (non-hydrogen) atoms. The molecule has 0 radical (unpaired) electrons. The van der Waals surface area contributed by atoms with E-state index >= 15 is 0 Å². The Morgan fingerprint density at radius 2 is 1.95 bits per heavy atom. The van der Waals surface area contributed by atoms with Gasteiger partial charge in [-0.05, 0) is 35.0 Å². The van der Waals surface area contributed by atoms with Gasteiger partial charge in [0, 0.05) is 0 Å². The van der Waals surface area contributed by atoms with Crippen LogP contribution in [0.25, 0.3) is 0 Å². The molecule has 0 aliphatic carbocycles. The predicted octanol–water partition coefficient (Wildman–Crippen LogP) is 3.70. The van der Waals surface area contributed by atoms with Crippen molar-refractivity contribution in [3.05, 3.63) is 28.0 Å². The zero-order valence-electron chi connectivity index (χ0n) is 9.85. The van der Waals surface area contributed by atoms with E-state index in [0.717, 1.165) is 26.2 Å². The lowest BCUT2D eigenvalue weighted by atomic mass is 10.2. The summed E-state index contributed by atoms with van der Waals surface area (Å²) in [5.74, 6) is -2.21. The lowest BCUT2D eigenvalue weighted by molar-refractivity contribution is -0.189. The van der Waals surface area contributed by atoms with Gasteiger partial charge in [0.25, 0.3) is 0 Å². The minimum absolute atomic E-state index is 0.121. The molecule has 0 fully saturated rings. The van der Waals surface area contributed by atoms with Gasteiger partial charge in [-0.1, -0.05) is 0 Å². The molecule has 1 rings (SSSR count). The number of carbonyl (C=O) groups is 1. The predicted molar refractivity (Wildman–Crippen MR) is 61.6 cm³/mol. The average Bonchev–Trinajstić information content (AvgIpc) is 2.31. The molecule has 0 bridgehead atoms. The average molecular weight is 345 g/mol. The fraction of sp³-hybridized carbons (Fsp3) is 0.364. The van der Waals surface area contributed by atoms with Crippen molar-refractivity contribution in [3.63, 3.8) is 0 Å². The number of esters is 1. The van der Waals surface area contributed by atoms with Crippen LogP contribution in [0.15, 0.2) is 16.6 Å². The van der Waals surface area contributed by atoms with Gasteiger partial charge in [0.2, 0.25) is 0 Å². The first-order valence-corrected chi connectivity index (χ1v) is 5.76. The van der Waals surface area contributed by atoms with Crippen molar-refractivity contribution in [1.29, 1.82) is 0 Å². The number of alkyl halides is 3. The van der Waals surface area contributed by atoms with E-state index in [2.05, 4.69) is 25.4 Å². The van der Waals surface area contributed by atoms with Gasteiger partial charge in [0.05, 0.1) is 11.6 Å². The molecule has 106 valence electrons. The molecule has 3 nitrogen and oxygen atoms in total. The van der Waals surface area contributed by atoms with Crippen molar-refractivity contribution in [2.75, 3.05) is 7.11 Å². The summed E-state index contributed by atoms with van der Waals surface area (Å²) in [6.07, 6.45) is -6.75. The van der Waals surface area contributed by atoms with Gasteiger partial charge < -0.3 is 9.47 Å². The largest absolute Gasteiger partial charge is 0.480 e. The second kappa shape index (κ2) is 5.77. The summed E-state index contributed by atoms with van der Waals surface area (Å²) in [5, 5.41) is 0. The van der Waals surface area contributed by atoms with Crippen molar-refractivity contribution < 1.29 is 31.8 Å². The van der Waals surface area contributed by atoms with E-state index in [1.54, 1.807) is 0 Å². The monoisotopic (exact) mass is 344 g/mol. The smallest absolute Gasteiger partial charge is 0.425 e. The number of hydrogen-bond donors (Lipinski definition) is 0. The van der Waals surface area contributed by atoms with Crippen LogP contribution >= 0.6 is 15.9 Å². The van der Waals surface area contributed by atoms with Crippen molar-refractivity contribution in [2.45, 2.75) is 19.2 Å². The first-order valence-electron chi connectivity index (χ1n) is 4.97. The van der Waals surface area contributed by atoms with Gasteiger partial charge in [-0.2, -0.15) is 13.2 Å². The number of rotatable bonds is 3. The number of carbonyl (C=O) groups excluding carboxylic acids is 1. The maximum atomic E-state index is 13.3. The summed E-state index contributed by atoms with van der Waals surface area (Å²) in [6, 6.07) is 1.69. The number of methoxy groups -OCH3 is 1. The highest BCUT2D eigenvalue weighted by Gasteiger charge is 2.38. The third-order valence-corrected chi connectivity index (χ3v) is 2.80. The van der Waals surface area contributed by atoms with Crippen LogP contribution in [0, 0.1) is 5.82 Å². The van der Waals surface area contributed by atoms with E-state index in [1.165, 1.54) is 0 Å². The number of benzene rings is 1. The van der Waals surface area contributed by atoms with Gasteiger partial charge in [-0.15, -0.1) is 0 Å². The Morgan fingerprint density at radius 1 is 1.37 bits per heavy atom. The Bertz CT molecular complexity index is 488. The second-order valence-corrected chi connectivity index (χ2v) is 4.41. The SMILES string of the molecule is COC(=O)c1cc(F)c(Br)cc1OC(C)C(F)(F)F. The van der Waals surface area contributed by atoms with Crippen LogP contribution in [0.2, 0.25) is 0 Å². The molecule has 0 amide bonds. The van der Waals surface area contributed by atoms with Crippen LogP contribution in [0.3, 0.4) is 0 Å². The van der Waals surface area contributed by atoms with Crippen LogP contribution in [0.5, 0.6) is 5.75 Å². The molecule has 0 spiro atoms. The molecule has 0 saturated carbocycles. The molecule has 1 atom stereocenters. The highest BCUT2D eigenvalue weighted by molar-refractivity contribution is 9.10. The summed E-state index contributed by atoms with van der Waals surface area (Å²) in [6.45, 7) is 0.776. The molecule has 1 unspecified atom stereocenters. The van der Waals surface area contributed by atoms with Crippen LogP contribution in [-0.2, 0) is 4.74 Å². The summed E-state index contributed by atoms with van der Waals surface area (Å²) in [7, 11) is 1.03. The Labute approximate surface area is 114 Å². The Morgan fingerprint density at radius 3 is 2.42 bits per heavy atom. The Hall–Kier alpha value is -1.31. The standard InChI is InChI=1S/C11H9BrF4O3/c1-5(11(14,15)16)19-9-4-7(12)8(13)3-6(9)10(17)18-2/h3-5H,1-2H3. The third-order valence-electron chi connectivity index (χ3n) is 2.19. The van der Waals surface area contributed by atoms with E-state index in [4.69, 9.17) is 0 Å². The van der Waals surface area contributed by atoms with E-state index in [1.807, 2.05) is 0 Å². The minimum atomic E-state index is -4.60. The third kappa shape index (κ3) is 3.82. The molecule has 8 heteroatoms. The number of hydrogen-bond acceptors (Lipinski definition) is 3. The van der Waals surface area contributed by atoms with Crippen LogP contribution < -0.4 is 4.74 Å². The molecular weight excluding hydrogens is 336 g/mol. The quantitative estimate of drug-likeness (QED) is 0.619. The van der Waals surface area contributed by atoms with Gasteiger partial charge in [-0.25, -0.2) is 9.18 Å². The van der Waals surface area contributed by atoms with Crippen LogP contribution in [0.1, 0.15) is 17.3 Å². The zero-order valence-corrected chi connectivity index (χ0v) is 11.4. The first kappa shape index (κ1) is 15.7. The number of ether oxygens (including phenoxy) is 2. The van der Waals surface area contributed by atoms with Gasteiger partial charge >= 0.3 is 12.1 Å². The van der Waals surface area contributed by atoms with Crippen molar-refractivity contribution in [1.82, 2.24) is 0 Å². The van der Waals surface area contributed by atoms with Gasteiger partial charge in [0.15, 0.2) is 6.10 Å². The highest BCUT2D eigenvalue weighted by Crippen LogP contribution is 2.31. The topological polar surface area (TPSA) is 35.5 Å². The Balaban J connectivity index is 3.18. The van der Waals surface area contributed by atoms with Crippen molar-refractivity contribution >= 4 is 21.9 Å². The molecule has 1 aromatic carbocycles. The maximum Gasteiger partial charge on any atom is 0.425 e. The lowest BCUT2D eigenvalue weighted by Gasteiger charge is -2.19. The van der Waals surface area contributed by atoms with Gasteiger partial charge in [0.1, 0.15) is 17.1 Å². The molecular formula is C11H9BrF4O3. The normalized spacial score (nSPS) is 13.0. The Kier molecular flexibility index (Phi) is 4.78. The van der Waals surface area contributed by atoms with Crippen molar-refractivity contribution in [2.24, 2.45) is 0 Å². The molecule has 0 aliphatic rings. The second-order valence-electron chi connectivity index (χ2n) is 3.56. The van der Waals surface area contributed by atoms with E-state index in [9.17, 15) is 22.4 Å². The molecule has 0 saturated heterocycles. The molecule has 1 aromatic rings. The molecule has 0 N–H and O–H groups in total. The maximum absolute atomic E-state index is 13.3. The molecule has 0 heterocycles. The molecule has 0 aliphatic heterocycles. The van der Waals surface area contributed by atoms with E-state index in [0.29, 0.717) is 0 Å². The molecule has 0 aromatic heterocycles. The summed E-state index contributed by atoms with van der Waals surface area (Å²) in [5.41, 5.74) is -0.417.